The van der Waals surface area contributed by atoms with Gasteiger partial charge in [0.1, 0.15) is 12.7 Å². The molecule has 82 valence electrons. The van der Waals surface area contributed by atoms with Gasteiger partial charge in [-0.25, -0.2) is 9.67 Å². The molecule has 0 aliphatic carbocycles. The van der Waals surface area contributed by atoms with Gasteiger partial charge in [0.05, 0.1) is 11.5 Å². The number of nitrogens with two attached hydrogens (primary N) is 1. The van der Waals surface area contributed by atoms with E-state index in [1.165, 1.54) is 30.9 Å². The van der Waals surface area contributed by atoms with E-state index in [2.05, 4.69) is 10.1 Å². The minimum atomic E-state index is -0.454. The average Bonchev–Trinajstić information content (AvgIpc) is 2.73. The molecule has 0 fully saturated rings. The summed E-state index contributed by atoms with van der Waals surface area (Å²) in [6.07, 6.45) is 2.92. The van der Waals surface area contributed by atoms with E-state index in [4.69, 9.17) is 5.73 Å². The molecule has 0 amide bonds. The first-order chi connectivity index (χ1) is 7.66. The van der Waals surface area contributed by atoms with Crippen LogP contribution < -0.4 is 5.73 Å². The van der Waals surface area contributed by atoms with Crippen LogP contribution in [0, 0.1) is 10.1 Å². The quantitative estimate of drug-likeness (QED) is 0.468. The zero-order valence-corrected chi connectivity index (χ0v) is 8.28. The van der Waals surface area contributed by atoms with E-state index in [1.54, 1.807) is 4.68 Å². The number of benzene rings is 1. The van der Waals surface area contributed by atoms with Gasteiger partial charge < -0.3 is 5.73 Å². The van der Waals surface area contributed by atoms with Crippen LogP contribution in [0.2, 0.25) is 0 Å². The van der Waals surface area contributed by atoms with E-state index < -0.39 is 4.92 Å². The summed E-state index contributed by atoms with van der Waals surface area (Å²) in [5.41, 5.74) is 6.89. The predicted octanol–water partition coefficient (Wildman–Crippen LogP) is 0.817. The molecule has 2 N–H and O–H groups in total. The van der Waals surface area contributed by atoms with Crippen LogP contribution in [-0.4, -0.2) is 19.7 Å². The highest BCUT2D eigenvalue weighted by Crippen LogP contribution is 2.20. The molecule has 0 aliphatic rings. The zero-order valence-electron chi connectivity index (χ0n) is 8.28. The largest absolute Gasteiger partial charge is 0.398 e. The van der Waals surface area contributed by atoms with Crippen LogP contribution in [-0.2, 0) is 6.54 Å². The van der Waals surface area contributed by atoms with Crippen molar-refractivity contribution >= 4 is 11.4 Å². The third-order valence-electron chi connectivity index (χ3n) is 2.14. The average molecular weight is 219 g/mol. The number of hydrogen-bond donors (Lipinski definition) is 1. The van der Waals surface area contributed by atoms with Crippen molar-refractivity contribution in [3.05, 3.63) is 46.5 Å². The Kier molecular flexibility index (Phi) is 2.50. The molecule has 2 rings (SSSR count). The molecule has 0 aliphatic heterocycles. The molecule has 0 bridgehead atoms. The lowest BCUT2D eigenvalue weighted by molar-refractivity contribution is -0.384. The summed E-state index contributed by atoms with van der Waals surface area (Å²) < 4.78 is 1.55. The fraction of sp³-hybridized carbons (Fsp3) is 0.111. The molecule has 1 heterocycles. The number of nitrogens with zero attached hydrogens (tertiary/aromatic N) is 4. The predicted molar refractivity (Wildman–Crippen MR) is 56.6 cm³/mol. The summed E-state index contributed by atoms with van der Waals surface area (Å²) in [5, 5.41) is 14.5. The molecule has 2 aromatic rings. The van der Waals surface area contributed by atoms with Gasteiger partial charge in [-0.1, -0.05) is 0 Å². The molecule has 0 saturated carbocycles. The van der Waals surface area contributed by atoms with Crippen molar-refractivity contribution in [2.45, 2.75) is 6.54 Å². The lowest BCUT2D eigenvalue weighted by Crippen LogP contribution is -2.04. The lowest BCUT2D eigenvalue weighted by atomic mass is 10.1. The monoisotopic (exact) mass is 219 g/mol. The summed E-state index contributed by atoms with van der Waals surface area (Å²) in [7, 11) is 0. The maximum absolute atomic E-state index is 10.6. The summed E-state index contributed by atoms with van der Waals surface area (Å²) in [4.78, 5) is 13.9. The first-order valence-electron chi connectivity index (χ1n) is 4.52. The maximum Gasteiger partial charge on any atom is 0.269 e. The molecule has 7 nitrogen and oxygen atoms in total. The minimum absolute atomic E-state index is 0.0179. The lowest BCUT2D eigenvalue weighted by Gasteiger charge is -2.04. The van der Waals surface area contributed by atoms with Crippen molar-refractivity contribution in [3.63, 3.8) is 0 Å². The Balaban J connectivity index is 2.32. The second-order valence-corrected chi connectivity index (χ2v) is 3.23. The molecule has 0 unspecified atom stereocenters. The van der Waals surface area contributed by atoms with Gasteiger partial charge >= 0.3 is 0 Å². The molecular formula is C9H9N5O2. The van der Waals surface area contributed by atoms with Crippen LogP contribution in [0.25, 0.3) is 0 Å². The summed E-state index contributed by atoms with van der Waals surface area (Å²) in [5.74, 6) is 0. The van der Waals surface area contributed by atoms with Crippen molar-refractivity contribution in [3.8, 4) is 0 Å². The van der Waals surface area contributed by atoms with E-state index in [9.17, 15) is 10.1 Å². The van der Waals surface area contributed by atoms with Gasteiger partial charge in [-0.2, -0.15) is 5.10 Å². The molecule has 1 aromatic carbocycles. The Morgan fingerprint density at radius 1 is 1.50 bits per heavy atom. The van der Waals surface area contributed by atoms with Crippen molar-refractivity contribution in [1.82, 2.24) is 14.8 Å². The summed E-state index contributed by atoms with van der Waals surface area (Å²) in [6.45, 7) is 0.369. The van der Waals surface area contributed by atoms with Gasteiger partial charge in [0.25, 0.3) is 5.69 Å². The maximum atomic E-state index is 10.6. The Hall–Kier alpha value is -2.44. The fourth-order valence-electron chi connectivity index (χ4n) is 1.33. The Morgan fingerprint density at radius 3 is 2.94 bits per heavy atom. The molecule has 16 heavy (non-hydrogen) atoms. The third-order valence-corrected chi connectivity index (χ3v) is 2.14. The van der Waals surface area contributed by atoms with E-state index in [0.29, 0.717) is 17.8 Å². The standard InChI is InChI=1S/C9H9N5O2/c10-9-2-1-8(14(15)16)3-7(9)4-13-6-11-5-12-13/h1-3,5-6H,4,10H2. The van der Waals surface area contributed by atoms with Gasteiger partial charge in [-0.15, -0.1) is 0 Å². The molecule has 0 spiro atoms. The number of nitro benzene ring substituents is 1. The minimum Gasteiger partial charge on any atom is -0.398 e. The van der Waals surface area contributed by atoms with Gasteiger partial charge in [0.15, 0.2) is 0 Å². The Morgan fingerprint density at radius 2 is 2.31 bits per heavy atom. The second kappa shape index (κ2) is 3.97. The highest BCUT2D eigenvalue weighted by atomic mass is 16.6. The third kappa shape index (κ3) is 1.97. The first-order valence-corrected chi connectivity index (χ1v) is 4.52. The Bertz CT molecular complexity index is 509. The fourth-order valence-corrected chi connectivity index (χ4v) is 1.33. The molecule has 0 saturated heterocycles. The Labute approximate surface area is 90.7 Å². The smallest absolute Gasteiger partial charge is 0.269 e. The molecule has 7 heteroatoms. The van der Waals surface area contributed by atoms with E-state index in [1.807, 2.05) is 0 Å². The second-order valence-electron chi connectivity index (χ2n) is 3.23. The van der Waals surface area contributed by atoms with Crippen LogP contribution in [0.15, 0.2) is 30.9 Å². The van der Waals surface area contributed by atoms with Crippen LogP contribution in [0.1, 0.15) is 5.56 Å². The number of hydrogen-bond acceptors (Lipinski definition) is 5. The molecule has 1 aromatic heterocycles. The number of nitrogen functional groups attached to an aromatic ring is 1. The van der Waals surface area contributed by atoms with E-state index in [-0.39, 0.29) is 5.69 Å². The van der Waals surface area contributed by atoms with Crippen molar-refractivity contribution in [1.29, 1.82) is 0 Å². The van der Waals surface area contributed by atoms with Crippen molar-refractivity contribution in [2.75, 3.05) is 5.73 Å². The number of non-ortho nitro benzene ring substituents is 1. The number of nitro groups is 1. The highest BCUT2D eigenvalue weighted by molar-refractivity contribution is 5.52. The van der Waals surface area contributed by atoms with Crippen LogP contribution in [0.5, 0.6) is 0 Å². The van der Waals surface area contributed by atoms with Crippen LogP contribution >= 0.6 is 0 Å². The van der Waals surface area contributed by atoms with Crippen molar-refractivity contribution in [2.24, 2.45) is 0 Å². The van der Waals surface area contributed by atoms with Gasteiger partial charge in [-0.3, -0.25) is 10.1 Å². The first kappa shape index (κ1) is 10.1. The van der Waals surface area contributed by atoms with Gasteiger partial charge in [-0.05, 0) is 6.07 Å². The van der Waals surface area contributed by atoms with Crippen LogP contribution in [0.3, 0.4) is 0 Å². The highest BCUT2D eigenvalue weighted by Gasteiger charge is 2.09. The summed E-state index contributed by atoms with van der Waals surface area (Å²) >= 11 is 0. The topological polar surface area (TPSA) is 99.9 Å². The molecule has 0 atom stereocenters. The van der Waals surface area contributed by atoms with Gasteiger partial charge in [0, 0.05) is 23.4 Å². The van der Waals surface area contributed by atoms with Gasteiger partial charge in [0.2, 0.25) is 0 Å². The van der Waals surface area contributed by atoms with E-state index >= 15 is 0 Å². The number of anilines is 1. The molecule has 0 radical (unpaired) electrons. The normalized spacial score (nSPS) is 10.2. The SMILES string of the molecule is Nc1ccc([N+](=O)[O-])cc1Cn1cncn1. The number of rotatable bonds is 3. The van der Waals surface area contributed by atoms with Crippen LogP contribution in [0.4, 0.5) is 11.4 Å². The number of aromatic nitrogens is 3. The zero-order chi connectivity index (χ0) is 11.5. The molecular weight excluding hydrogens is 210 g/mol. The van der Waals surface area contributed by atoms with Crippen molar-refractivity contribution < 1.29 is 4.92 Å². The summed E-state index contributed by atoms with van der Waals surface area (Å²) in [6, 6.07) is 4.33. The van der Waals surface area contributed by atoms with E-state index in [0.717, 1.165) is 0 Å².